The third-order valence-electron chi connectivity index (χ3n) is 3.13. The van der Waals surface area contributed by atoms with Crippen LogP contribution in [0.4, 0.5) is 17.1 Å². The maximum atomic E-state index is 3.62. The molecule has 3 aromatic rings. The summed E-state index contributed by atoms with van der Waals surface area (Å²) in [5, 5.41) is 0. The van der Waals surface area contributed by atoms with Crippen LogP contribution in [0.3, 0.4) is 0 Å². The van der Waals surface area contributed by atoms with E-state index in [1.165, 1.54) is 0 Å². The normalized spacial score (nSPS) is 9.78. The third-order valence-corrected chi connectivity index (χ3v) is 6.52. The van der Waals surface area contributed by atoms with E-state index in [0.29, 0.717) is 0 Å². The van der Waals surface area contributed by atoms with Gasteiger partial charge in [0.15, 0.2) is 0 Å². The number of nitrogens with one attached hydrogen (secondary N) is 3. The zero-order valence-electron chi connectivity index (χ0n) is 12.6. The zero-order chi connectivity index (χ0) is 15.0. The molecule has 0 amide bonds. The fourth-order valence-corrected chi connectivity index (χ4v) is 5.35. The molecule has 0 aliphatic rings. The molecule has 0 atom stereocenters. The van der Waals surface area contributed by atoms with Crippen LogP contribution in [0.5, 0.6) is 0 Å². The zero-order valence-corrected chi connectivity index (χ0v) is 15.5. The van der Waals surface area contributed by atoms with Crippen LogP contribution in [0.25, 0.3) is 0 Å². The molecule has 117 valence electrons. The maximum absolute atomic E-state index is 3.62. The second kappa shape index (κ2) is 9.13. The van der Waals surface area contributed by atoms with Crippen LogP contribution in [-0.2, 0) is 0 Å². The topological polar surface area (TPSA) is 36.1 Å². The minimum atomic E-state index is -1.97. The van der Waals surface area contributed by atoms with Crippen molar-refractivity contribution in [1.82, 2.24) is 0 Å². The van der Waals surface area contributed by atoms with E-state index in [4.69, 9.17) is 0 Å². The van der Waals surface area contributed by atoms with E-state index in [-0.39, 0.29) is 12.4 Å². The van der Waals surface area contributed by atoms with Gasteiger partial charge in [-0.25, -0.2) is 0 Å². The molecule has 0 aliphatic carbocycles. The Morgan fingerprint density at radius 3 is 0.957 bits per heavy atom. The van der Waals surface area contributed by atoms with Gasteiger partial charge in [0.05, 0.1) is 0 Å². The van der Waals surface area contributed by atoms with Crippen LogP contribution < -0.4 is 12.8 Å². The van der Waals surface area contributed by atoms with Gasteiger partial charge >= 0.3 is 136 Å². The Bertz CT molecular complexity index is 582. The summed E-state index contributed by atoms with van der Waals surface area (Å²) in [4.78, 5) is 0. The number of anilines is 3. The molecular formula is C18H19ClGeN3. The Morgan fingerprint density at radius 2 is 0.696 bits per heavy atom. The van der Waals surface area contributed by atoms with Crippen LogP contribution in [0.15, 0.2) is 91.0 Å². The number of para-hydroxylation sites is 3. The van der Waals surface area contributed by atoms with Crippen molar-refractivity contribution in [3.63, 3.8) is 0 Å². The molecule has 0 unspecified atom stereocenters. The predicted octanol–water partition coefficient (Wildman–Crippen LogP) is 4.73. The molecule has 0 aromatic heterocycles. The Kier molecular flexibility index (Phi) is 6.84. The average Bonchev–Trinajstić information content (AvgIpc) is 2.57. The van der Waals surface area contributed by atoms with Crippen molar-refractivity contribution in [2.24, 2.45) is 0 Å². The van der Waals surface area contributed by atoms with Gasteiger partial charge in [-0.3, -0.25) is 0 Å². The van der Waals surface area contributed by atoms with Crippen molar-refractivity contribution in [3.05, 3.63) is 91.0 Å². The number of rotatable bonds is 6. The summed E-state index contributed by atoms with van der Waals surface area (Å²) in [7, 11) is 0. The minimum absolute atomic E-state index is 0. The second-order valence-corrected chi connectivity index (χ2v) is 8.00. The van der Waals surface area contributed by atoms with Crippen molar-refractivity contribution >= 4 is 44.5 Å². The van der Waals surface area contributed by atoms with Crippen molar-refractivity contribution in [1.29, 1.82) is 0 Å². The van der Waals surface area contributed by atoms with E-state index in [2.05, 4.69) is 49.2 Å². The number of hydrogen-bond donors (Lipinski definition) is 3. The van der Waals surface area contributed by atoms with Crippen LogP contribution in [0.1, 0.15) is 0 Å². The molecule has 0 fully saturated rings. The average molecular weight is 385 g/mol. The molecule has 0 heterocycles. The van der Waals surface area contributed by atoms with Gasteiger partial charge in [-0.15, -0.1) is 12.4 Å². The van der Waals surface area contributed by atoms with Gasteiger partial charge in [0.2, 0.25) is 0 Å². The number of halogens is 1. The summed E-state index contributed by atoms with van der Waals surface area (Å²) in [5.74, 6) is 0. The van der Waals surface area contributed by atoms with Crippen molar-refractivity contribution in [2.75, 3.05) is 12.8 Å². The molecule has 0 saturated heterocycles. The summed E-state index contributed by atoms with van der Waals surface area (Å²) >= 11 is -1.97. The molecule has 0 bridgehead atoms. The van der Waals surface area contributed by atoms with Gasteiger partial charge < -0.3 is 0 Å². The third kappa shape index (κ3) is 5.54. The Balaban J connectivity index is 0.00000192. The van der Waals surface area contributed by atoms with Gasteiger partial charge in [0.1, 0.15) is 0 Å². The van der Waals surface area contributed by atoms with Crippen LogP contribution in [0, 0.1) is 0 Å². The van der Waals surface area contributed by atoms with Crippen LogP contribution in [-0.4, -0.2) is 15.0 Å². The first-order valence-corrected chi connectivity index (χ1v) is 10.4. The molecule has 23 heavy (non-hydrogen) atoms. The molecule has 1 radical (unpaired) electrons. The summed E-state index contributed by atoms with van der Waals surface area (Å²) in [5.41, 5.74) is 3.39. The Hall–Kier alpha value is -2.11. The van der Waals surface area contributed by atoms with Crippen LogP contribution >= 0.6 is 12.4 Å². The molecular weight excluding hydrogens is 366 g/mol. The van der Waals surface area contributed by atoms with E-state index >= 15 is 0 Å². The molecule has 3 nitrogen and oxygen atoms in total. The van der Waals surface area contributed by atoms with E-state index in [1.807, 2.05) is 54.6 Å². The molecule has 0 spiro atoms. The fourth-order valence-electron chi connectivity index (χ4n) is 2.09. The summed E-state index contributed by atoms with van der Waals surface area (Å²) in [6, 6.07) is 30.9. The van der Waals surface area contributed by atoms with Crippen LogP contribution in [0.2, 0.25) is 0 Å². The van der Waals surface area contributed by atoms with E-state index in [1.54, 1.807) is 0 Å². The quantitative estimate of drug-likeness (QED) is 0.537. The van der Waals surface area contributed by atoms with Crippen molar-refractivity contribution in [2.45, 2.75) is 0 Å². The SMILES string of the molecule is Cl.c1ccc([NH][Ge]([NH]c2ccccc2)[NH]c2ccccc2)cc1. The first-order valence-electron chi connectivity index (χ1n) is 7.23. The monoisotopic (exact) mass is 386 g/mol. The Labute approximate surface area is 148 Å². The van der Waals surface area contributed by atoms with Crippen molar-refractivity contribution < 1.29 is 0 Å². The van der Waals surface area contributed by atoms with Gasteiger partial charge in [0.25, 0.3) is 0 Å². The number of benzene rings is 3. The molecule has 0 aliphatic heterocycles. The van der Waals surface area contributed by atoms with E-state index in [0.717, 1.165) is 17.1 Å². The summed E-state index contributed by atoms with van der Waals surface area (Å²) in [6.45, 7) is 0. The van der Waals surface area contributed by atoms with Crippen molar-refractivity contribution in [3.8, 4) is 0 Å². The molecule has 3 aromatic carbocycles. The molecule has 0 saturated carbocycles. The van der Waals surface area contributed by atoms with Gasteiger partial charge in [-0.2, -0.15) is 0 Å². The fraction of sp³-hybridized carbons (Fsp3) is 0. The molecule has 3 rings (SSSR count). The van der Waals surface area contributed by atoms with Gasteiger partial charge in [-0.1, -0.05) is 0 Å². The predicted molar refractivity (Wildman–Crippen MR) is 103 cm³/mol. The first-order chi connectivity index (χ1) is 10.9. The second-order valence-electron chi connectivity index (χ2n) is 4.85. The number of hydrogen-bond acceptors (Lipinski definition) is 3. The van der Waals surface area contributed by atoms with E-state index in [9.17, 15) is 0 Å². The summed E-state index contributed by atoms with van der Waals surface area (Å²) in [6.07, 6.45) is 0. The van der Waals surface area contributed by atoms with Gasteiger partial charge in [-0.05, 0) is 0 Å². The van der Waals surface area contributed by atoms with E-state index < -0.39 is 15.0 Å². The molecule has 5 heteroatoms. The first kappa shape index (κ1) is 17.2. The standard InChI is InChI=1S/C18H18GeN3.ClH/c1-4-10-16(11-5-1)20-19(21-17-12-6-2-7-13-17)22-18-14-8-3-9-15-18;/h1-15,20-22H;1H. The van der Waals surface area contributed by atoms with Gasteiger partial charge in [0, 0.05) is 0 Å². The summed E-state index contributed by atoms with van der Waals surface area (Å²) < 4.78 is 10.9. The Morgan fingerprint density at radius 1 is 0.435 bits per heavy atom. The molecule has 3 N–H and O–H groups in total.